The third-order valence-corrected chi connectivity index (χ3v) is 20.5. The second-order valence-electron chi connectivity index (χ2n) is 26.1. The van der Waals surface area contributed by atoms with Crippen molar-refractivity contribution in [3.63, 3.8) is 0 Å². The zero-order valence-electron chi connectivity index (χ0n) is 65.7. The van der Waals surface area contributed by atoms with E-state index in [4.69, 9.17) is 84.4 Å². The molecule has 5 heterocycles. The molecule has 13 aromatic rings. The number of nitrogens with one attached hydrogen (secondary N) is 1. The minimum Gasteiger partial charge on any atom is -0.693 e. The average molecular weight is 2180 g/mol. The van der Waals surface area contributed by atoms with Crippen molar-refractivity contribution >= 4 is 102 Å². The minimum atomic E-state index is -3.79. The summed E-state index contributed by atoms with van der Waals surface area (Å²) in [6.45, 7) is 13.8. The van der Waals surface area contributed by atoms with Gasteiger partial charge in [-0.3, -0.25) is 24.2 Å². The van der Waals surface area contributed by atoms with Gasteiger partial charge >= 0.3 is 94.5 Å². The zero-order valence-corrected chi connectivity index (χ0v) is 76.5. The second-order valence-corrected chi connectivity index (χ2v) is 39.0. The van der Waals surface area contributed by atoms with Crippen LogP contribution in [0.15, 0.2) is 275 Å². The standard InChI is InChI=1S/2C19H18N2O4S.2C18H17N3O4S.C6H7N.C3H7N.4ClH.H2N.2Pt/c2*1-13-2-4-15(5-3-13)18-10-14(11-19(22)23)12-21(18)16-6-8-17(9-7-16)26(20,24)25;2*1-12-2-4-13(5-3-12)17-10-14(11-18(22)23)20-21(17)15-6-8-16(9-7-15)26(19,24)25;1-6-4-2-3-5-7-6;1-2-3-4;;;;;;;/h2*2-10,12H,11H2,1H3,(H,22,23)(H2,20,24,25);2*2-10H,11H2,1H3,(H,22,23)(H2,19,24,25);2-5H,1H3;4H,1-3H2;4*1H;1H2;;/q;;;;;-2;;;;;-1;+2;+4/p-4. The Labute approximate surface area is 740 Å². The summed E-state index contributed by atoms with van der Waals surface area (Å²) in [7, 11) is 4.39. The number of halogens is 4. The van der Waals surface area contributed by atoms with Crippen molar-refractivity contribution in [3.05, 3.63) is 324 Å². The maximum Gasteiger partial charge on any atom is -0.693 e. The Kier molecular flexibility index (Phi) is 40.8. The van der Waals surface area contributed by atoms with Crippen LogP contribution in [0.5, 0.6) is 0 Å². The third kappa shape index (κ3) is 32.9. The van der Waals surface area contributed by atoms with Crippen LogP contribution >= 0.6 is 37.7 Å². The molecule has 39 heteroatoms. The van der Waals surface area contributed by atoms with Crippen LogP contribution in [-0.2, 0) is 118 Å². The van der Waals surface area contributed by atoms with E-state index in [1.807, 2.05) is 171 Å². The maximum atomic E-state index is 11.4. The van der Waals surface area contributed by atoms with Gasteiger partial charge in [0.15, 0.2) is 0 Å². The number of rotatable bonds is 21. The Bertz CT molecular complexity index is 5380. The first-order valence-corrected chi connectivity index (χ1v) is 52.8. The fraction of sp³-hybridized carbons (Fsp3) is 0.133. The molecule has 0 spiro atoms. The van der Waals surface area contributed by atoms with E-state index in [2.05, 4.69) is 22.1 Å². The number of pyridine rings is 1. The molecule has 122 heavy (non-hydrogen) atoms. The zero-order chi connectivity index (χ0) is 89.5. The molecule has 0 bridgehead atoms. The van der Waals surface area contributed by atoms with E-state index in [9.17, 15) is 52.8 Å². The predicted octanol–water partition coefficient (Wildman–Crippen LogP) is 15.8. The number of primary sulfonamides is 4. The summed E-state index contributed by atoms with van der Waals surface area (Å²) in [5, 5.41) is 65.5. The normalized spacial score (nSPS) is 10.9. The summed E-state index contributed by atoms with van der Waals surface area (Å²) in [6.07, 6.45) is 5.41. The number of sulfonamides is 4. The van der Waals surface area contributed by atoms with Crippen molar-refractivity contribution in [1.82, 2.24) is 33.7 Å². The van der Waals surface area contributed by atoms with Crippen molar-refractivity contribution in [2.24, 2.45) is 20.6 Å². The number of hydrogen-bond donors (Lipinski definition) is 8. The van der Waals surface area contributed by atoms with Crippen molar-refractivity contribution in [2.75, 3.05) is 6.54 Å². The fourth-order valence-electron chi connectivity index (χ4n) is 11.1. The van der Waals surface area contributed by atoms with Gasteiger partial charge < -0.3 is 48.4 Å². The smallest absolute Gasteiger partial charge is 0.693 e. The molecule has 0 saturated heterocycles. The van der Waals surface area contributed by atoms with E-state index >= 15 is 0 Å². The molecule has 0 saturated carbocycles. The molecule has 0 amide bonds. The Morgan fingerprint density at radius 2 is 0.656 bits per heavy atom. The van der Waals surface area contributed by atoms with Gasteiger partial charge in [-0.25, -0.2) is 70.0 Å². The van der Waals surface area contributed by atoms with Gasteiger partial charge in [-0.2, -0.15) is 16.7 Å². The van der Waals surface area contributed by atoms with Crippen molar-refractivity contribution in [1.29, 1.82) is 0 Å². The number of aromatic nitrogens is 7. The van der Waals surface area contributed by atoms with Gasteiger partial charge in [0, 0.05) is 46.8 Å². The summed E-state index contributed by atoms with van der Waals surface area (Å²) in [4.78, 5) is 48.2. The largest absolute Gasteiger partial charge is 0.693 e. The summed E-state index contributed by atoms with van der Waals surface area (Å²) in [5.41, 5.74) is 23.3. The van der Waals surface area contributed by atoms with Gasteiger partial charge in [-0.1, -0.05) is 125 Å². The topological polar surface area (TPSA) is 506 Å². The Hall–Kier alpha value is -10.1. The van der Waals surface area contributed by atoms with E-state index in [1.165, 1.54) is 48.5 Å². The molecular formula is C83H86Cl4N13O16Pt2S4-. The third-order valence-electron chi connectivity index (χ3n) is 16.7. The van der Waals surface area contributed by atoms with Gasteiger partial charge in [0.25, 0.3) is 0 Å². The first kappa shape index (κ1) is 102. The van der Waals surface area contributed by atoms with Gasteiger partial charge in [-0.15, -0.1) is 0 Å². The van der Waals surface area contributed by atoms with E-state index in [1.54, 1.807) is 88.6 Å². The SMILES string of the molecule is Cc1ccc(-c2cc(CC(=O)O)cn2-c2ccc(S(N)(=O)=O)cc2)cc1.Cc1ccc(-c2cc(CC(=O)O)cn2-c2ccc(S(N)(=O)=O)cc2)cc1.Cc1ccc(-c2cc(CC(=O)O)nn2-c2ccc(S(N)(=O)=O)cc2)cc1.Cc1ccc(-c2cc(CC(=O)O)nn2-c2ccc(S(N)(=O)=O)cc2)cc1.Cc1ccccn1.[CH2-]CC[NH-].[Cl][Pt+2][Cl].[Cl][Pt][Cl].[NH2-]. The molecule has 0 atom stereocenters. The fourth-order valence-corrected chi connectivity index (χ4v) is 13.2. The molecule has 0 aliphatic carbocycles. The summed E-state index contributed by atoms with van der Waals surface area (Å²) in [6, 6.07) is 68.4. The van der Waals surface area contributed by atoms with Crippen LogP contribution in [0.1, 0.15) is 56.9 Å². The van der Waals surface area contributed by atoms with Crippen LogP contribution in [0.25, 0.3) is 79.7 Å². The molecule has 0 fully saturated rings. The van der Waals surface area contributed by atoms with E-state index < -0.39 is 96.9 Å². The summed E-state index contributed by atoms with van der Waals surface area (Å²) < 4.78 is 98.3. The van der Waals surface area contributed by atoms with Crippen LogP contribution < -0.4 is 20.6 Å². The number of carboxylic acid groups (broad SMARTS) is 4. The maximum absolute atomic E-state index is 11.4. The Morgan fingerprint density at radius 1 is 0.410 bits per heavy atom. The molecule has 13 rings (SSSR count). The van der Waals surface area contributed by atoms with Gasteiger partial charge in [0.1, 0.15) is 0 Å². The van der Waals surface area contributed by atoms with Crippen LogP contribution in [0.4, 0.5) is 0 Å². The quantitative estimate of drug-likeness (QED) is 0.0310. The number of nitrogens with zero attached hydrogens (tertiary/aromatic N) is 7. The second kappa shape index (κ2) is 48.6. The molecular weight excluding hydrogens is 2100 g/mol. The summed E-state index contributed by atoms with van der Waals surface area (Å²) in [5.74, 6) is -3.78. The first-order valence-electron chi connectivity index (χ1n) is 35.3. The van der Waals surface area contributed by atoms with E-state index in [-0.39, 0.29) is 51.4 Å². The minimum absolute atomic E-state index is 0. The van der Waals surface area contributed by atoms with E-state index in [0.717, 1.165) is 68.0 Å². The van der Waals surface area contributed by atoms with Gasteiger partial charge in [-0.05, 0) is 190 Å². The Morgan fingerprint density at radius 3 is 0.861 bits per heavy atom. The average Bonchev–Trinajstić information content (AvgIpc) is 1.64. The molecule has 0 radical (unpaired) electrons. The van der Waals surface area contributed by atoms with Crippen LogP contribution in [0.2, 0.25) is 0 Å². The van der Waals surface area contributed by atoms with Gasteiger partial charge in [0.2, 0.25) is 40.1 Å². The van der Waals surface area contributed by atoms with Crippen LogP contribution in [0.3, 0.4) is 0 Å². The monoisotopic (exact) mass is 2180 g/mol. The Balaban J connectivity index is 0.000000270. The predicted molar refractivity (Wildman–Crippen MR) is 467 cm³/mol. The van der Waals surface area contributed by atoms with E-state index in [0.29, 0.717) is 63.2 Å². The molecule has 0 aliphatic heterocycles. The number of carboxylic acids is 4. The first-order chi connectivity index (χ1) is 57.1. The van der Waals surface area contributed by atoms with Crippen LogP contribution in [-0.4, -0.2) is 118 Å². The number of hydrogen-bond acceptors (Lipinski definition) is 15. The molecule has 29 nitrogen and oxygen atoms in total. The molecule has 0 aliphatic rings. The number of benzene rings is 8. The van der Waals surface area contributed by atoms with Gasteiger partial charge in [0.05, 0.1) is 90.8 Å². The van der Waals surface area contributed by atoms with Crippen molar-refractivity contribution in [2.45, 2.75) is 86.3 Å². The molecule has 652 valence electrons. The number of aliphatic carboxylic acids is 4. The molecule has 0 unspecified atom stereocenters. The van der Waals surface area contributed by atoms with Crippen molar-refractivity contribution in [3.8, 4) is 67.8 Å². The molecule has 8 aromatic carbocycles. The summed E-state index contributed by atoms with van der Waals surface area (Å²) >= 11 is -0.944. The van der Waals surface area contributed by atoms with Crippen molar-refractivity contribution < 1.29 is 106 Å². The number of carbonyl (C=O) groups is 4. The molecule has 5 aromatic heterocycles. The number of nitrogens with two attached hydrogens (primary N) is 5. The van der Waals surface area contributed by atoms with Crippen LogP contribution in [0, 0.1) is 41.5 Å². The molecule has 15 N–H and O–H groups in total. The number of aryl methyl sites for hydroxylation is 5.